The van der Waals surface area contributed by atoms with E-state index in [1.165, 1.54) is 6.08 Å². The van der Waals surface area contributed by atoms with Gasteiger partial charge in [0.2, 0.25) is 0 Å². The van der Waals surface area contributed by atoms with E-state index in [1.807, 2.05) is 31.2 Å². The van der Waals surface area contributed by atoms with Gasteiger partial charge in [0.1, 0.15) is 0 Å². The molecule has 0 saturated heterocycles. The molecule has 0 radical (unpaired) electrons. The molecule has 1 unspecified atom stereocenters. The predicted octanol–water partition coefficient (Wildman–Crippen LogP) is 1.58. The van der Waals surface area contributed by atoms with E-state index in [4.69, 9.17) is 5.11 Å². The van der Waals surface area contributed by atoms with E-state index in [1.54, 1.807) is 6.08 Å². The second-order valence-electron chi connectivity index (χ2n) is 3.88. The first-order valence-electron chi connectivity index (χ1n) is 5.18. The van der Waals surface area contributed by atoms with Gasteiger partial charge in [0.25, 0.3) is 5.91 Å². The lowest BCUT2D eigenvalue weighted by atomic mass is 10.0. The molecule has 0 saturated carbocycles. The Labute approximate surface area is 98.3 Å². The molecule has 2 rings (SSSR count). The third-order valence-corrected chi connectivity index (χ3v) is 2.56. The van der Waals surface area contributed by atoms with Gasteiger partial charge in [-0.1, -0.05) is 35.9 Å². The first-order valence-corrected chi connectivity index (χ1v) is 5.18. The normalized spacial score (nSPS) is 19.0. The summed E-state index contributed by atoms with van der Waals surface area (Å²) in [4.78, 5) is 26.0. The number of carboxylic acid groups (broad SMARTS) is 1. The number of nitrogens with zero attached hydrogens (tertiary/aromatic N) is 1. The quantitative estimate of drug-likeness (QED) is 0.783. The zero-order valence-corrected chi connectivity index (χ0v) is 9.25. The van der Waals surface area contributed by atoms with E-state index < -0.39 is 17.8 Å². The molecular formula is C13H11NO3. The predicted molar refractivity (Wildman–Crippen MR) is 63.0 cm³/mol. The minimum absolute atomic E-state index is 0.507. The summed E-state index contributed by atoms with van der Waals surface area (Å²) < 4.78 is 0. The van der Waals surface area contributed by atoms with Gasteiger partial charge < -0.3 is 5.11 Å². The molecule has 0 fully saturated rings. The second-order valence-corrected chi connectivity index (χ2v) is 3.88. The van der Waals surface area contributed by atoms with Crippen LogP contribution in [0.5, 0.6) is 0 Å². The first-order chi connectivity index (χ1) is 8.08. The van der Waals surface area contributed by atoms with Crippen molar-refractivity contribution in [2.45, 2.75) is 6.92 Å². The van der Waals surface area contributed by atoms with Crippen LogP contribution >= 0.6 is 0 Å². The summed E-state index contributed by atoms with van der Waals surface area (Å²) >= 11 is 0. The largest absolute Gasteiger partial charge is 0.480 e. The number of dihydropyridines is 1. The van der Waals surface area contributed by atoms with Crippen LogP contribution in [-0.2, 0) is 9.59 Å². The molecule has 1 aromatic carbocycles. The molecule has 86 valence electrons. The summed E-state index contributed by atoms with van der Waals surface area (Å²) in [6, 6.07) is 7.54. The van der Waals surface area contributed by atoms with Crippen LogP contribution in [0.3, 0.4) is 0 Å². The molecule has 4 heteroatoms. The summed E-state index contributed by atoms with van der Waals surface area (Å²) in [5.41, 5.74) is 2.43. The van der Waals surface area contributed by atoms with E-state index >= 15 is 0 Å². The van der Waals surface area contributed by atoms with Crippen LogP contribution in [-0.4, -0.2) is 22.7 Å². The van der Waals surface area contributed by atoms with Crippen LogP contribution in [0.2, 0.25) is 0 Å². The number of amides is 1. The number of benzene rings is 1. The molecule has 1 amide bonds. The van der Waals surface area contributed by atoms with Gasteiger partial charge in [0, 0.05) is 5.56 Å². The average molecular weight is 229 g/mol. The van der Waals surface area contributed by atoms with E-state index in [2.05, 4.69) is 4.99 Å². The second kappa shape index (κ2) is 4.33. The van der Waals surface area contributed by atoms with Crippen LogP contribution in [0.15, 0.2) is 41.4 Å². The summed E-state index contributed by atoms with van der Waals surface area (Å²) in [7, 11) is 0. The zero-order chi connectivity index (χ0) is 12.4. The summed E-state index contributed by atoms with van der Waals surface area (Å²) in [6.07, 6.45) is 2.94. The maximum atomic E-state index is 11.5. The van der Waals surface area contributed by atoms with Crippen molar-refractivity contribution >= 4 is 17.6 Å². The highest BCUT2D eigenvalue weighted by atomic mass is 16.4. The highest BCUT2D eigenvalue weighted by molar-refractivity contribution is 6.18. The fraction of sp³-hybridized carbons (Fsp3) is 0.154. The van der Waals surface area contributed by atoms with Gasteiger partial charge in [0.15, 0.2) is 5.92 Å². The third kappa shape index (κ3) is 2.30. The molecule has 1 heterocycles. The Morgan fingerprint density at radius 1 is 1.29 bits per heavy atom. The van der Waals surface area contributed by atoms with Crippen LogP contribution in [0.25, 0.3) is 0 Å². The van der Waals surface area contributed by atoms with Crippen molar-refractivity contribution in [2.75, 3.05) is 0 Å². The van der Waals surface area contributed by atoms with Gasteiger partial charge in [-0.15, -0.1) is 0 Å². The maximum absolute atomic E-state index is 11.5. The Morgan fingerprint density at radius 3 is 2.47 bits per heavy atom. The molecule has 0 spiro atoms. The number of aliphatic imine (C=N–C) groups is 1. The number of rotatable bonds is 2. The Morgan fingerprint density at radius 2 is 1.94 bits per heavy atom. The van der Waals surface area contributed by atoms with E-state index in [9.17, 15) is 9.59 Å². The number of carboxylic acids is 1. The fourth-order valence-electron chi connectivity index (χ4n) is 1.57. The zero-order valence-electron chi connectivity index (χ0n) is 9.25. The van der Waals surface area contributed by atoms with Gasteiger partial charge in [-0.05, 0) is 13.0 Å². The van der Waals surface area contributed by atoms with E-state index in [0.29, 0.717) is 5.71 Å². The Bertz CT molecular complexity index is 526. The van der Waals surface area contributed by atoms with E-state index in [0.717, 1.165) is 11.1 Å². The molecule has 1 N–H and O–H groups in total. The van der Waals surface area contributed by atoms with Crippen molar-refractivity contribution in [2.24, 2.45) is 10.9 Å². The van der Waals surface area contributed by atoms with Gasteiger partial charge in [0.05, 0.1) is 5.71 Å². The van der Waals surface area contributed by atoms with Crippen molar-refractivity contribution < 1.29 is 14.7 Å². The van der Waals surface area contributed by atoms with E-state index in [-0.39, 0.29) is 0 Å². The Kier molecular flexibility index (Phi) is 2.87. The van der Waals surface area contributed by atoms with Crippen LogP contribution < -0.4 is 0 Å². The fourth-order valence-corrected chi connectivity index (χ4v) is 1.57. The smallest absolute Gasteiger partial charge is 0.320 e. The topological polar surface area (TPSA) is 66.7 Å². The number of allylic oxidation sites excluding steroid dienone is 1. The van der Waals surface area contributed by atoms with Crippen LogP contribution in [0.1, 0.15) is 11.1 Å². The number of aryl methyl sites for hydroxylation is 1. The lowest BCUT2D eigenvalue weighted by Gasteiger charge is -2.10. The van der Waals surface area contributed by atoms with Crippen LogP contribution in [0, 0.1) is 12.8 Å². The summed E-state index contributed by atoms with van der Waals surface area (Å²) in [5, 5.41) is 8.76. The molecule has 0 bridgehead atoms. The minimum Gasteiger partial charge on any atom is -0.480 e. The van der Waals surface area contributed by atoms with Crippen molar-refractivity contribution in [3.63, 3.8) is 0 Å². The molecule has 0 aromatic heterocycles. The average Bonchev–Trinajstić information content (AvgIpc) is 2.29. The standard InChI is InChI=1S/C13H11NO3/c1-8-2-4-9(5-3-8)11-7-6-10(13(16)17)12(15)14-11/h2-7,10H,1H3,(H,16,17). The van der Waals surface area contributed by atoms with Crippen molar-refractivity contribution in [1.82, 2.24) is 0 Å². The van der Waals surface area contributed by atoms with Crippen molar-refractivity contribution in [1.29, 1.82) is 0 Å². The Hall–Kier alpha value is -2.23. The monoisotopic (exact) mass is 229 g/mol. The molecule has 1 atom stereocenters. The van der Waals surface area contributed by atoms with Crippen LogP contribution in [0.4, 0.5) is 0 Å². The van der Waals surface area contributed by atoms with Crippen molar-refractivity contribution in [3.05, 3.63) is 47.5 Å². The number of carbonyl (C=O) groups excluding carboxylic acids is 1. The Balaban J connectivity index is 2.29. The number of carbonyl (C=O) groups is 2. The molecule has 1 aliphatic rings. The van der Waals surface area contributed by atoms with Gasteiger partial charge >= 0.3 is 5.97 Å². The lowest BCUT2D eigenvalue weighted by molar-refractivity contribution is -0.143. The van der Waals surface area contributed by atoms with Gasteiger partial charge in [-0.2, -0.15) is 0 Å². The van der Waals surface area contributed by atoms with Crippen molar-refractivity contribution in [3.8, 4) is 0 Å². The highest BCUT2D eigenvalue weighted by Gasteiger charge is 2.26. The number of aliphatic carboxylic acids is 1. The number of hydrogen-bond donors (Lipinski definition) is 1. The van der Waals surface area contributed by atoms with Gasteiger partial charge in [-0.25, -0.2) is 4.99 Å². The summed E-state index contributed by atoms with van der Waals surface area (Å²) in [6.45, 7) is 1.97. The molecule has 4 nitrogen and oxygen atoms in total. The molecular weight excluding hydrogens is 218 g/mol. The lowest BCUT2D eigenvalue weighted by Crippen LogP contribution is -2.24. The van der Waals surface area contributed by atoms with Gasteiger partial charge in [-0.3, -0.25) is 9.59 Å². The summed E-state index contributed by atoms with van der Waals surface area (Å²) in [5.74, 6) is -2.95. The number of hydrogen-bond acceptors (Lipinski definition) is 2. The molecule has 1 aliphatic heterocycles. The molecule has 1 aromatic rings. The third-order valence-electron chi connectivity index (χ3n) is 2.56. The maximum Gasteiger partial charge on any atom is 0.320 e. The minimum atomic E-state index is -1.17. The first kappa shape index (κ1) is 11.3. The SMILES string of the molecule is Cc1ccc(C2=NC(=O)C(C(=O)O)C=C2)cc1. The molecule has 0 aliphatic carbocycles. The molecule has 17 heavy (non-hydrogen) atoms. The highest BCUT2D eigenvalue weighted by Crippen LogP contribution is 2.14.